The fourth-order valence-electron chi connectivity index (χ4n) is 3.61. The summed E-state index contributed by atoms with van der Waals surface area (Å²) in [4.78, 5) is 12.2. The van der Waals surface area contributed by atoms with Gasteiger partial charge in [0.2, 0.25) is 6.73 Å². The first-order valence-electron chi connectivity index (χ1n) is 10.3. The lowest BCUT2D eigenvalue weighted by molar-refractivity contribution is -0.919. The van der Waals surface area contributed by atoms with Crippen molar-refractivity contribution in [3.8, 4) is 5.88 Å². The maximum Gasteiger partial charge on any atom is 0.315 e. The van der Waals surface area contributed by atoms with E-state index in [0.29, 0.717) is 36.9 Å². The monoisotopic (exact) mass is 410 g/mol. The zero-order valence-electron chi connectivity index (χ0n) is 17.0. The molecule has 8 heteroatoms. The summed E-state index contributed by atoms with van der Waals surface area (Å²) in [6.07, 6.45) is 8.56. The Bertz CT molecular complexity index is 672. The van der Waals surface area contributed by atoms with Crippen LogP contribution in [0.25, 0.3) is 5.57 Å². The highest BCUT2D eigenvalue weighted by molar-refractivity contribution is 6.99. The molecule has 3 heterocycles. The molecule has 1 aromatic rings. The van der Waals surface area contributed by atoms with Gasteiger partial charge in [-0.3, -0.25) is 9.28 Å². The molecule has 2 aliphatic heterocycles. The molecule has 0 aromatic carbocycles. The van der Waals surface area contributed by atoms with E-state index in [4.69, 9.17) is 14.2 Å². The normalized spacial score (nSPS) is 24.8. The van der Waals surface area contributed by atoms with Gasteiger partial charge in [0.15, 0.2) is 0 Å². The highest BCUT2D eigenvalue weighted by Crippen LogP contribution is 2.30. The molecule has 2 atom stereocenters. The molecule has 3 rings (SSSR count). The van der Waals surface area contributed by atoms with Crippen molar-refractivity contribution < 1.29 is 23.5 Å². The largest absolute Gasteiger partial charge is 0.475 e. The van der Waals surface area contributed by atoms with Crippen LogP contribution in [0.3, 0.4) is 0 Å². The number of esters is 1. The van der Waals surface area contributed by atoms with Crippen LogP contribution in [0.4, 0.5) is 0 Å². The van der Waals surface area contributed by atoms with E-state index in [9.17, 15) is 4.79 Å². The molecular weight excluding hydrogens is 378 g/mol. The van der Waals surface area contributed by atoms with Gasteiger partial charge in [-0.05, 0) is 12.8 Å². The zero-order valence-corrected chi connectivity index (χ0v) is 17.8. The topological polar surface area (TPSA) is 70.5 Å². The molecule has 2 aliphatic rings. The predicted molar refractivity (Wildman–Crippen MR) is 108 cm³/mol. The van der Waals surface area contributed by atoms with Crippen LogP contribution in [-0.2, 0) is 14.3 Å². The summed E-state index contributed by atoms with van der Waals surface area (Å²) in [6, 6.07) is 0. The van der Waals surface area contributed by atoms with E-state index in [1.807, 2.05) is 0 Å². The van der Waals surface area contributed by atoms with E-state index in [1.54, 1.807) is 0 Å². The van der Waals surface area contributed by atoms with Crippen LogP contribution in [-0.4, -0.2) is 65.9 Å². The summed E-state index contributed by atoms with van der Waals surface area (Å²) in [6.45, 7) is 6.08. The number of quaternary nitrogens is 1. The fourth-order valence-corrected chi connectivity index (χ4v) is 4.14. The number of aromatic nitrogens is 2. The molecule has 28 heavy (non-hydrogen) atoms. The lowest BCUT2D eigenvalue weighted by atomic mass is 10.1. The summed E-state index contributed by atoms with van der Waals surface area (Å²) >= 11 is 1.19. The van der Waals surface area contributed by atoms with Crippen molar-refractivity contribution in [2.45, 2.75) is 45.4 Å². The summed E-state index contributed by atoms with van der Waals surface area (Å²) in [5.74, 6) is 0.391. The van der Waals surface area contributed by atoms with E-state index in [-0.39, 0.29) is 11.9 Å². The summed E-state index contributed by atoms with van der Waals surface area (Å²) in [5.41, 5.74) is 1.98. The molecule has 0 amide bonds. The summed E-state index contributed by atoms with van der Waals surface area (Å²) in [7, 11) is 2.12. The Morgan fingerprint density at radius 2 is 2.25 bits per heavy atom. The number of ether oxygens (including phenoxy) is 3. The van der Waals surface area contributed by atoms with Gasteiger partial charge in [0.1, 0.15) is 12.2 Å². The van der Waals surface area contributed by atoms with Gasteiger partial charge in [0, 0.05) is 18.6 Å². The van der Waals surface area contributed by atoms with Crippen LogP contribution in [0.5, 0.6) is 5.88 Å². The highest BCUT2D eigenvalue weighted by Gasteiger charge is 2.33. The minimum Gasteiger partial charge on any atom is -0.475 e. The van der Waals surface area contributed by atoms with E-state index in [0.717, 1.165) is 43.6 Å². The van der Waals surface area contributed by atoms with Gasteiger partial charge >= 0.3 is 5.97 Å². The Morgan fingerprint density at radius 3 is 3.04 bits per heavy atom. The van der Waals surface area contributed by atoms with E-state index in [2.05, 4.69) is 28.8 Å². The average molecular weight is 411 g/mol. The Labute approximate surface area is 171 Å². The van der Waals surface area contributed by atoms with Crippen LogP contribution in [0.2, 0.25) is 0 Å². The lowest BCUT2D eigenvalue weighted by Crippen LogP contribution is -2.49. The molecule has 0 aliphatic carbocycles. The molecule has 156 valence electrons. The third-order valence-corrected chi connectivity index (χ3v) is 5.90. The Hall–Kier alpha value is -1.51. The first-order valence-corrected chi connectivity index (χ1v) is 11.1. The van der Waals surface area contributed by atoms with Gasteiger partial charge in [0.25, 0.3) is 5.88 Å². The minimum absolute atomic E-state index is 0.109. The zero-order chi connectivity index (χ0) is 19.8. The molecule has 1 saturated heterocycles. The maximum absolute atomic E-state index is 12.2. The van der Waals surface area contributed by atoms with Crippen molar-refractivity contribution >= 4 is 23.3 Å². The van der Waals surface area contributed by atoms with Crippen LogP contribution >= 0.6 is 11.7 Å². The number of nitrogens with zero attached hydrogens (tertiary/aromatic N) is 3. The standard InChI is InChI=1S/C20H32N3O4S/c1-3-4-5-6-11-26-19-18(21-28-22-19)16-8-7-10-23(2,13-16)15-27-20(24)17-9-12-25-14-17/h8,17H,3-7,9-15H2,1-2H3/q+1/t17-,23?/m0/s1. The van der Waals surface area contributed by atoms with E-state index < -0.39 is 0 Å². The number of unbranched alkanes of at least 4 members (excludes halogenated alkanes) is 3. The van der Waals surface area contributed by atoms with Gasteiger partial charge in [-0.25, -0.2) is 0 Å². The maximum atomic E-state index is 12.2. The molecule has 7 nitrogen and oxygen atoms in total. The molecule has 0 bridgehead atoms. The van der Waals surface area contributed by atoms with Gasteiger partial charge in [-0.1, -0.05) is 32.3 Å². The van der Waals surface area contributed by atoms with Crippen molar-refractivity contribution in [2.24, 2.45) is 5.92 Å². The number of carbonyl (C=O) groups is 1. The first kappa shape index (κ1) is 21.2. The van der Waals surface area contributed by atoms with E-state index >= 15 is 0 Å². The highest BCUT2D eigenvalue weighted by atomic mass is 32.1. The molecular formula is C20H32N3O4S+. The van der Waals surface area contributed by atoms with Gasteiger partial charge < -0.3 is 14.2 Å². The number of hydrogen-bond acceptors (Lipinski definition) is 7. The Kier molecular flexibility index (Phi) is 7.82. The van der Waals surface area contributed by atoms with Gasteiger partial charge in [-0.15, -0.1) is 4.37 Å². The first-order chi connectivity index (χ1) is 13.6. The predicted octanol–water partition coefficient (Wildman–Crippen LogP) is 3.27. The van der Waals surface area contributed by atoms with Crippen LogP contribution in [0.1, 0.15) is 51.1 Å². The summed E-state index contributed by atoms with van der Waals surface area (Å²) in [5, 5.41) is 0. The smallest absolute Gasteiger partial charge is 0.315 e. The van der Waals surface area contributed by atoms with E-state index in [1.165, 1.54) is 31.0 Å². The second kappa shape index (κ2) is 10.3. The van der Waals surface area contributed by atoms with Crippen molar-refractivity contribution in [2.75, 3.05) is 46.7 Å². The molecule has 0 N–H and O–H groups in total. The molecule has 0 radical (unpaired) electrons. The van der Waals surface area contributed by atoms with Gasteiger partial charge in [-0.2, -0.15) is 4.37 Å². The molecule has 1 fully saturated rings. The molecule has 0 saturated carbocycles. The van der Waals surface area contributed by atoms with Crippen molar-refractivity contribution in [1.29, 1.82) is 0 Å². The van der Waals surface area contributed by atoms with Crippen LogP contribution in [0, 0.1) is 5.92 Å². The molecule has 0 spiro atoms. The fraction of sp³-hybridized carbons (Fsp3) is 0.750. The average Bonchev–Trinajstić information content (AvgIpc) is 3.38. The number of hydrogen-bond donors (Lipinski definition) is 0. The van der Waals surface area contributed by atoms with Crippen molar-refractivity contribution in [1.82, 2.24) is 8.75 Å². The second-order valence-corrected chi connectivity index (χ2v) is 8.53. The van der Waals surface area contributed by atoms with Crippen molar-refractivity contribution in [3.05, 3.63) is 11.8 Å². The van der Waals surface area contributed by atoms with Crippen LogP contribution in [0.15, 0.2) is 6.08 Å². The third kappa shape index (κ3) is 5.75. The second-order valence-electron chi connectivity index (χ2n) is 8.00. The quantitative estimate of drug-likeness (QED) is 0.335. The Balaban J connectivity index is 1.53. The van der Waals surface area contributed by atoms with Crippen LogP contribution < -0.4 is 4.74 Å². The Morgan fingerprint density at radius 1 is 1.36 bits per heavy atom. The third-order valence-electron chi connectivity index (χ3n) is 5.39. The number of likely N-dealkylation sites (N-methyl/N-ethyl adjacent to an activating group) is 1. The minimum atomic E-state index is -0.139. The lowest BCUT2D eigenvalue weighted by Gasteiger charge is -2.36. The molecule has 1 unspecified atom stereocenters. The molecule has 1 aromatic heterocycles. The number of carbonyl (C=O) groups excluding carboxylic acids is 1. The number of rotatable bonds is 10. The summed E-state index contributed by atoms with van der Waals surface area (Å²) < 4.78 is 26.3. The SMILES string of the molecule is CCCCCCOc1nsnc1C1=CCC[N+](C)(COC(=O)[C@H]2CCOC2)C1. The van der Waals surface area contributed by atoms with Crippen molar-refractivity contribution in [3.63, 3.8) is 0 Å². The van der Waals surface area contributed by atoms with Gasteiger partial charge in [0.05, 0.1) is 44.5 Å².